The molecule has 1 heterocycles. The first-order valence-corrected chi connectivity index (χ1v) is 4.86. The van der Waals surface area contributed by atoms with E-state index in [1.54, 1.807) is 20.4 Å². The Kier molecular flexibility index (Phi) is 5.84. The number of hydrogen-bond donors (Lipinski definition) is 1. The van der Waals surface area contributed by atoms with Crippen molar-refractivity contribution in [3.63, 3.8) is 0 Å². The molecule has 15 heavy (non-hydrogen) atoms. The molecule has 0 aliphatic rings. The van der Waals surface area contributed by atoms with E-state index in [2.05, 4.69) is 15.3 Å². The van der Waals surface area contributed by atoms with Crippen molar-refractivity contribution in [2.75, 3.05) is 27.4 Å². The van der Waals surface area contributed by atoms with Gasteiger partial charge in [0.05, 0.1) is 12.3 Å². The first-order valence-electron chi connectivity index (χ1n) is 4.86. The third-order valence-electron chi connectivity index (χ3n) is 1.83. The highest BCUT2D eigenvalue weighted by Crippen LogP contribution is 1.96. The van der Waals surface area contributed by atoms with Gasteiger partial charge in [-0.1, -0.05) is 0 Å². The second-order valence-electron chi connectivity index (χ2n) is 3.07. The van der Waals surface area contributed by atoms with Crippen molar-refractivity contribution in [1.29, 1.82) is 0 Å². The fraction of sp³-hybridized carbons (Fsp3) is 0.600. The molecule has 5 nitrogen and oxygen atoms in total. The molecule has 1 N–H and O–H groups in total. The van der Waals surface area contributed by atoms with E-state index in [1.165, 1.54) is 0 Å². The minimum absolute atomic E-state index is 0.450. The van der Waals surface area contributed by atoms with Gasteiger partial charge in [0, 0.05) is 33.5 Å². The van der Waals surface area contributed by atoms with Gasteiger partial charge in [0.1, 0.15) is 6.61 Å². The molecule has 0 spiro atoms. The van der Waals surface area contributed by atoms with E-state index >= 15 is 0 Å². The Labute approximate surface area is 89.8 Å². The molecule has 1 rings (SSSR count). The average Bonchev–Trinajstić information content (AvgIpc) is 2.26. The van der Waals surface area contributed by atoms with Gasteiger partial charge < -0.3 is 14.8 Å². The molecule has 0 amide bonds. The van der Waals surface area contributed by atoms with Gasteiger partial charge in [0.15, 0.2) is 5.82 Å². The zero-order valence-electron chi connectivity index (χ0n) is 9.19. The van der Waals surface area contributed by atoms with E-state index in [0.717, 1.165) is 18.8 Å². The van der Waals surface area contributed by atoms with E-state index in [4.69, 9.17) is 9.47 Å². The minimum Gasteiger partial charge on any atom is -0.383 e. The first-order chi connectivity index (χ1) is 7.36. The lowest BCUT2D eigenvalue weighted by Gasteiger charge is -2.04. The standard InChI is InChI=1S/C10H17N3O2/c1-14-6-5-11-7-9-3-4-12-10(13-9)8-15-2/h3-4,11H,5-8H2,1-2H3. The molecule has 5 heteroatoms. The van der Waals surface area contributed by atoms with Crippen LogP contribution < -0.4 is 5.32 Å². The van der Waals surface area contributed by atoms with Gasteiger partial charge in [0.2, 0.25) is 0 Å². The summed E-state index contributed by atoms with van der Waals surface area (Å²) < 4.78 is 9.89. The van der Waals surface area contributed by atoms with Crippen LogP contribution in [0.3, 0.4) is 0 Å². The molecule has 0 unspecified atom stereocenters. The summed E-state index contributed by atoms with van der Waals surface area (Å²) in [4.78, 5) is 8.41. The van der Waals surface area contributed by atoms with Crippen LogP contribution in [0, 0.1) is 0 Å². The van der Waals surface area contributed by atoms with Crippen LogP contribution in [-0.2, 0) is 22.6 Å². The van der Waals surface area contributed by atoms with Crippen molar-refractivity contribution in [2.45, 2.75) is 13.2 Å². The zero-order chi connectivity index (χ0) is 10.9. The van der Waals surface area contributed by atoms with Crippen molar-refractivity contribution in [2.24, 2.45) is 0 Å². The molecule has 84 valence electrons. The quantitative estimate of drug-likeness (QED) is 0.660. The van der Waals surface area contributed by atoms with Crippen molar-refractivity contribution in [3.8, 4) is 0 Å². The Morgan fingerprint density at radius 2 is 2.20 bits per heavy atom. The van der Waals surface area contributed by atoms with Gasteiger partial charge >= 0.3 is 0 Å². The summed E-state index contributed by atoms with van der Waals surface area (Å²) in [5.41, 5.74) is 0.966. The lowest BCUT2D eigenvalue weighted by Crippen LogP contribution is -2.19. The summed E-state index contributed by atoms with van der Waals surface area (Å²) in [5.74, 6) is 0.712. The maximum absolute atomic E-state index is 4.96. The minimum atomic E-state index is 0.450. The topological polar surface area (TPSA) is 56.3 Å². The van der Waals surface area contributed by atoms with E-state index in [-0.39, 0.29) is 0 Å². The molecule has 0 atom stereocenters. The van der Waals surface area contributed by atoms with Crippen LogP contribution in [0.4, 0.5) is 0 Å². The number of nitrogens with one attached hydrogen (secondary N) is 1. The summed E-state index contributed by atoms with van der Waals surface area (Å²) in [6, 6.07) is 1.89. The molecule has 0 aliphatic heterocycles. The van der Waals surface area contributed by atoms with E-state index in [9.17, 15) is 0 Å². The van der Waals surface area contributed by atoms with Gasteiger partial charge in [-0.15, -0.1) is 0 Å². The molecule has 0 radical (unpaired) electrons. The lowest BCUT2D eigenvalue weighted by molar-refractivity contribution is 0.177. The van der Waals surface area contributed by atoms with Crippen LogP contribution in [0.15, 0.2) is 12.3 Å². The molecule has 1 aromatic rings. The second kappa shape index (κ2) is 7.28. The predicted octanol–water partition coefficient (Wildman–Crippen LogP) is 0.359. The number of methoxy groups -OCH3 is 2. The number of hydrogen-bond acceptors (Lipinski definition) is 5. The van der Waals surface area contributed by atoms with Crippen molar-refractivity contribution < 1.29 is 9.47 Å². The van der Waals surface area contributed by atoms with Gasteiger partial charge in [-0.25, -0.2) is 9.97 Å². The highest BCUT2D eigenvalue weighted by Gasteiger charge is 1.98. The van der Waals surface area contributed by atoms with Crippen molar-refractivity contribution in [3.05, 3.63) is 23.8 Å². The highest BCUT2D eigenvalue weighted by molar-refractivity contribution is 5.01. The highest BCUT2D eigenvalue weighted by atomic mass is 16.5. The summed E-state index contributed by atoms with van der Waals surface area (Å²) in [6.07, 6.45) is 1.74. The number of rotatable bonds is 7. The molecular formula is C10H17N3O2. The Morgan fingerprint density at radius 1 is 1.33 bits per heavy atom. The van der Waals surface area contributed by atoms with Crippen LogP contribution in [0.5, 0.6) is 0 Å². The summed E-state index contributed by atoms with van der Waals surface area (Å²) in [7, 11) is 3.32. The van der Waals surface area contributed by atoms with E-state index < -0.39 is 0 Å². The second-order valence-corrected chi connectivity index (χ2v) is 3.07. The first kappa shape index (κ1) is 12.0. The third-order valence-corrected chi connectivity index (χ3v) is 1.83. The summed E-state index contributed by atoms with van der Waals surface area (Å²) in [5, 5.41) is 3.22. The predicted molar refractivity (Wildman–Crippen MR) is 56.3 cm³/mol. The van der Waals surface area contributed by atoms with Crippen LogP contribution in [0.25, 0.3) is 0 Å². The van der Waals surface area contributed by atoms with Crippen LogP contribution in [0.1, 0.15) is 11.5 Å². The molecule has 0 aliphatic carbocycles. The van der Waals surface area contributed by atoms with Crippen LogP contribution in [-0.4, -0.2) is 37.3 Å². The SMILES string of the molecule is COCCNCc1ccnc(COC)n1. The normalized spacial score (nSPS) is 10.5. The van der Waals surface area contributed by atoms with Gasteiger partial charge in [-0.2, -0.15) is 0 Å². The van der Waals surface area contributed by atoms with Gasteiger partial charge in [-0.3, -0.25) is 0 Å². The molecule has 0 saturated carbocycles. The van der Waals surface area contributed by atoms with Crippen LogP contribution >= 0.6 is 0 Å². The Balaban J connectivity index is 2.36. The van der Waals surface area contributed by atoms with Crippen molar-refractivity contribution in [1.82, 2.24) is 15.3 Å². The number of aromatic nitrogens is 2. The summed E-state index contributed by atoms with van der Waals surface area (Å²) in [6.45, 7) is 2.70. The Bertz CT molecular complexity index is 281. The van der Waals surface area contributed by atoms with Crippen molar-refractivity contribution >= 4 is 0 Å². The molecule has 0 aromatic carbocycles. The number of nitrogens with zero attached hydrogens (tertiary/aromatic N) is 2. The monoisotopic (exact) mass is 211 g/mol. The largest absolute Gasteiger partial charge is 0.383 e. The average molecular weight is 211 g/mol. The van der Waals surface area contributed by atoms with Crippen LogP contribution in [0.2, 0.25) is 0 Å². The van der Waals surface area contributed by atoms with E-state index in [0.29, 0.717) is 19.0 Å². The smallest absolute Gasteiger partial charge is 0.154 e. The fourth-order valence-electron chi connectivity index (χ4n) is 1.13. The lowest BCUT2D eigenvalue weighted by atomic mass is 10.4. The maximum Gasteiger partial charge on any atom is 0.154 e. The van der Waals surface area contributed by atoms with Gasteiger partial charge in [-0.05, 0) is 6.07 Å². The maximum atomic E-state index is 4.96. The Morgan fingerprint density at radius 3 is 2.93 bits per heavy atom. The molecule has 0 bridgehead atoms. The zero-order valence-corrected chi connectivity index (χ0v) is 9.19. The Hall–Kier alpha value is -1.04. The van der Waals surface area contributed by atoms with Gasteiger partial charge in [0.25, 0.3) is 0 Å². The fourth-order valence-corrected chi connectivity index (χ4v) is 1.13. The molecular weight excluding hydrogens is 194 g/mol. The van der Waals surface area contributed by atoms with E-state index in [1.807, 2.05) is 6.07 Å². The summed E-state index contributed by atoms with van der Waals surface area (Å²) >= 11 is 0. The molecule has 0 fully saturated rings. The number of ether oxygens (including phenoxy) is 2. The molecule has 1 aromatic heterocycles. The third kappa shape index (κ3) is 4.83. The molecule has 0 saturated heterocycles.